The zero-order valence-corrected chi connectivity index (χ0v) is 11.4. The van der Waals surface area contributed by atoms with Gasteiger partial charge in [0.25, 0.3) is 0 Å². The third kappa shape index (κ3) is 4.24. The molecule has 0 atom stereocenters. The Morgan fingerprint density at radius 2 is 2.06 bits per heavy atom. The van der Waals surface area contributed by atoms with Crippen LogP contribution in [0.5, 0.6) is 5.75 Å². The fourth-order valence-corrected chi connectivity index (χ4v) is 1.35. The number of carbonyl (C=O) groups is 1. The van der Waals surface area contributed by atoms with Gasteiger partial charge in [-0.25, -0.2) is 4.79 Å². The number of hydrogen-bond donors (Lipinski definition) is 0. The van der Waals surface area contributed by atoms with Crippen LogP contribution < -0.4 is 4.74 Å². The number of aryl methyl sites for hydroxylation is 1. The fourth-order valence-electron chi connectivity index (χ4n) is 1.35. The molecule has 0 fully saturated rings. The number of pyridine rings is 1. The van der Waals surface area contributed by atoms with Gasteiger partial charge in [0, 0.05) is 11.9 Å². The van der Waals surface area contributed by atoms with E-state index in [0.29, 0.717) is 5.75 Å². The zero-order chi connectivity index (χ0) is 13.8. The minimum atomic E-state index is -0.701. The highest BCUT2D eigenvalue weighted by Crippen LogP contribution is 2.21. The molecule has 0 saturated carbocycles. The molecule has 0 bridgehead atoms. The highest BCUT2D eigenvalue weighted by Gasteiger charge is 2.18. The summed E-state index contributed by atoms with van der Waals surface area (Å²) < 4.78 is 15.3. The summed E-state index contributed by atoms with van der Waals surface area (Å²) in [6, 6.07) is 1.72. The summed E-state index contributed by atoms with van der Waals surface area (Å²) >= 11 is 0. The van der Waals surface area contributed by atoms with Crippen LogP contribution in [0.4, 0.5) is 4.79 Å². The van der Waals surface area contributed by atoms with E-state index in [1.807, 2.05) is 6.92 Å². The summed E-state index contributed by atoms with van der Waals surface area (Å²) in [4.78, 5) is 15.6. The number of methoxy groups -OCH3 is 1. The van der Waals surface area contributed by atoms with Crippen LogP contribution >= 0.6 is 0 Å². The van der Waals surface area contributed by atoms with Crippen molar-refractivity contribution >= 4 is 6.16 Å². The van der Waals surface area contributed by atoms with E-state index in [1.54, 1.807) is 40.1 Å². The second kappa shape index (κ2) is 5.71. The SMILES string of the molecule is COc1ccnc(C)c1COC(=O)OC(C)(C)C. The Hall–Kier alpha value is -1.78. The Kier molecular flexibility index (Phi) is 4.53. The first kappa shape index (κ1) is 14.3. The summed E-state index contributed by atoms with van der Waals surface area (Å²) in [7, 11) is 1.56. The van der Waals surface area contributed by atoms with E-state index in [-0.39, 0.29) is 6.61 Å². The maximum Gasteiger partial charge on any atom is 0.509 e. The van der Waals surface area contributed by atoms with Gasteiger partial charge in [0.1, 0.15) is 18.0 Å². The van der Waals surface area contributed by atoms with Gasteiger partial charge in [-0.15, -0.1) is 0 Å². The van der Waals surface area contributed by atoms with Gasteiger partial charge in [-0.2, -0.15) is 0 Å². The van der Waals surface area contributed by atoms with Gasteiger partial charge < -0.3 is 14.2 Å². The number of rotatable bonds is 3. The molecular formula is C13H19NO4. The first-order valence-electron chi connectivity index (χ1n) is 5.67. The molecule has 1 rings (SSSR count). The van der Waals surface area contributed by atoms with Crippen molar-refractivity contribution < 1.29 is 19.0 Å². The number of aromatic nitrogens is 1. The summed E-state index contributed by atoms with van der Waals surface area (Å²) in [6.45, 7) is 7.26. The summed E-state index contributed by atoms with van der Waals surface area (Å²) in [5.74, 6) is 0.644. The van der Waals surface area contributed by atoms with Crippen LogP contribution in [0.1, 0.15) is 32.0 Å². The second-order valence-electron chi connectivity index (χ2n) is 4.83. The van der Waals surface area contributed by atoms with Gasteiger partial charge >= 0.3 is 6.16 Å². The van der Waals surface area contributed by atoms with Gasteiger partial charge in [0.05, 0.1) is 12.7 Å². The average molecular weight is 253 g/mol. The lowest BCUT2D eigenvalue weighted by molar-refractivity contribution is -0.0110. The molecule has 0 aliphatic heterocycles. The van der Waals surface area contributed by atoms with E-state index in [4.69, 9.17) is 14.2 Å². The third-order valence-corrected chi connectivity index (χ3v) is 2.17. The molecule has 1 heterocycles. The van der Waals surface area contributed by atoms with Gasteiger partial charge in [-0.1, -0.05) is 0 Å². The molecule has 0 unspecified atom stereocenters. The predicted molar refractivity (Wildman–Crippen MR) is 66.5 cm³/mol. The van der Waals surface area contributed by atoms with E-state index < -0.39 is 11.8 Å². The lowest BCUT2D eigenvalue weighted by Gasteiger charge is -2.19. The van der Waals surface area contributed by atoms with Crippen molar-refractivity contribution in [1.29, 1.82) is 0 Å². The molecule has 0 amide bonds. The molecule has 1 aromatic heterocycles. The number of nitrogens with zero attached hydrogens (tertiary/aromatic N) is 1. The van der Waals surface area contributed by atoms with Crippen molar-refractivity contribution in [2.75, 3.05) is 7.11 Å². The minimum absolute atomic E-state index is 0.0811. The zero-order valence-electron chi connectivity index (χ0n) is 11.4. The lowest BCUT2D eigenvalue weighted by Crippen LogP contribution is -2.24. The quantitative estimate of drug-likeness (QED) is 0.775. The van der Waals surface area contributed by atoms with Crippen molar-refractivity contribution in [3.05, 3.63) is 23.5 Å². The molecule has 18 heavy (non-hydrogen) atoms. The third-order valence-electron chi connectivity index (χ3n) is 2.17. The number of hydrogen-bond acceptors (Lipinski definition) is 5. The Morgan fingerprint density at radius 1 is 1.39 bits per heavy atom. The fraction of sp³-hybridized carbons (Fsp3) is 0.538. The minimum Gasteiger partial charge on any atom is -0.496 e. The molecule has 100 valence electrons. The molecule has 0 saturated heterocycles. The second-order valence-corrected chi connectivity index (χ2v) is 4.83. The number of carbonyl (C=O) groups excluding carboxylic acids is 1. The van der Waals surface area contributed by atoms with Crippen LogP contribution in [-0.2, 0) is 16.1 Å². The number of ether oxygens (including phenoxy) is 3. The van der Waals surface area contributed by atoms with Crippen LogP contribution in [-0.4, -0.2) is 23.9 Å². The molecule has 1 aromatic rings. The lowest BCUT2D eigenvalue weighted by atomic mass is 10.2. The molecule has 0 aliphatic rings. The Morgan fingerprint density at radius 3 is 2.61 bits per heavy atom. The van der Waals surface area contributed by atoms with E-state index in [0.717, 1.165) is 11.3 Å². The van der Waals surface area contributed by atoms with Crippen molar-refractivity contribution in [2.24, 2.45) is 0 Å². The maximum atomic E-state index is 11.4. The maximum absolute atomic E-state index is 11.4. The Bertz CT molecular complexity index is 423. The van der Waals surface area contributed by atoms with E-state index in [1.165, 1.54) is 0 Å². The molecule has 0 aliphatic carbocycles. The van der Waals surface area contributed by atoms with Crippen LogP contribution in [0.3, 0.4) is 0 Å². The van der Waals surface area contributed by atoms with Gasteiger partial charge in [0.2, 0.25) is 0 Å². The normalized spacial score (nSPS) is 10.9. The average Bonchev–Trinajstić information content (AvgIpc) is 2.24. The predicted octanol–water partition coefficient (Wildman–Crippen LogP) is 2.85. The van der Waals surface area contributed by atoms with Crippen LogP contribution in [0.25, 0.3) is 0 Å². The highest BCUT2D eigenvalue weighted by molar-refractivity contribution is 5.60. The molecule has 5 nitrogen and oxygen atoms in total. The molecule has 0 aromatic carbocycles. The van der Waals surface area contributed by atoms with Gasteiger partial charge in [-0.05, 0) is 33.8 Å². The molecule has 0 N–H and O–H groups in total. The summed E-state index contributed by atoms with van der Waals surface area (Å²) in [6.07, 6.45) is 0.943. The topological polar surface area (TPSA) is 57.7 Å². The standard InChI is InChI=1S/C13H19NO4/c1-9-10(11(16-5)6-7-14-9)8-17-12(15)18-13(2,3)4/h6-7H,8H2,1-5H3. The molecule has 0 radical (unpaired) electrons. The first-order valence-corrected chi connectivity index (χ1v) is 5.67. The first-order chi connectivity index (χ1) is 8.33. The molecular weight excluding hydrogens is 234 g/mol. The van der Waals surface area contributed by atoms with Gasteiger partial charge in [-0.3, -0.25) is 4.98 Å². The highest BCUT2D eigenvalue weighted by atomic mass is 16.7. The summed E-state index contributed by atoms with van der Waals surface area (Å²) in [5, 5.41) is 0. The Balaban J connectivity index is 2.66. The largest absolute Gasteiger partial charge is 0.509 e. The molecule has 5 heteroatoms. The van der Waals surface area contributed by atoms with E-state index >= 15 is 0 Å². The van der Waals surface area contributed by atoms with Gasteiger partial charge in [0.15, 0.2) is 0 Å². The summed E-state index contributed by atoms with van der Waals surface area (Å²) in [5.41, 5.74) is 0.939. The van der Waals surface area contributed by atoms with Crippen molar-refractivity contribution in [3.8, 4) is 5.75 Å². The smallest absolute Gasteiger partial charge is 0.496 e. The van der Waals surface area contributed by atoms with E-state index in [9.17, 15) is 4.79 Å². The van der Waals surface area contributed by atoms with Crippen molar-refractivity contribution in [1.82, 2.24) is 4.98 Å². The monoisotopic (exact) mass is 253 g/mol. The van der Waals surface area contributed by atoms with Crippen LogP contribution in [0.2, 0.25) is 0 Å². The van der Waals surface area contributed by atoms with E-state index in [2.05, 4.69) is 4.98 Å². The van der Waals surface area contributed by atoms with Crippen molar-refractivity contribution in [3.63, 3.8) is 0 Å². The van der Waals surface area contributed by atoms with Crippen molar-refractivity contribution in [2.45, 2.75) is 39.9 Å². The van der Waals surface area contributed by atoms with Crippen LogP contribution in [0.15, 0.2) is 12.3 Å². The Labute approximate surface area is 107 Å². The molecule has 0 spiro atoms. The van der Waals surface area contributed by atoms with Crippen LogP contribution in [0, 0.1) is 6.92 Å².